The van der Waals surface area contributed by atoms with Gasteiger partial charge in [-0.15, -0.1) is 6.58 Å². The van der Waals surface area contributed by atoms with Crippen molar-refractivity contribution in [3.8, 4) is 0 Å². The Morgan fingerprint density at radius 3 is 2.67 bits per heavy atom. The van der Waals surface area contributed by atoms with Crippen molar-refractivity contribution in [3.63, 3.8) is 0 Å². The molecule has 0 spiro atoms. The number of hydrogen-bond donors (Lipinski definition) is 1. The van der Waals surface area contributed by atoms with Gasteiger partial charge in [-0.05, 0) is 5.41 Å². The molecule has 15 heavy (non-hydrogen) atoms. The van der Waals surface area contributed by atoms with Gasteiger partial charge in [0.15, 0.2) is 0 Å². The molecular formula is C11H17FO3. The molecule has 1 rings (SSSR count). The van der Waals surface area contributed by atoms with Gasteiger partial charge in [0.1, 0.15) is 6.67 Å². The summed E-state index contributed by atoms with van der Waals surface area (Å²) < 4.78 is 17.2. The average molecular weight is 216 g/mol. The molecule has 1 fully saturated rings. The SMILES string of the molecule is C=CC(OCCF)C1C(C(=O)O)C1(C)C. The molecule has 1 aliphatic carbocycles. The number of carboxylic acid groups (broad SMARTS) is 1. The maximum Gasteiger partial charge on any atom is 0.307 e. The predicted molar refractivity (Wildman–Crippen MR) is 54.3 cm³/mol. The van der Waals surface area contributed by atoms with Crippen molar-refractivity contribution >= 4 is 5.97 Å². The van der Waals surface area contributed by atoms with Crippen LogP contribution in [-0.4, -0.2) is 30.5 Å². The molecule has 0 aliphatic heterocycles. The van der Waals surface area contributed by atoms with E-state index in [1.807, 2.05) is 13.8 Å². The predicted octanol–water partition coefficient (Wildman–Crippen LogP) is 1.88. The van der Waals surface area contributed by atoms with E-state index in [1.165, 1.54) is 0 Å². The van der Waals surface area contributed by atoms with Gasteiger partial charge in [0, 0.05) is 5.92 Å². The van der Waals surface area contributed by atoms with E-state index < -0.39 is 18.6 Å². The number of ether oxygens (including phenoxy) is 1. The number of halogens is 1. The Hall–Kier alpha value is -0.900. The number of carbonyl (C=O) groups is 1. The van der Waals surface area contributed by atoms with Crippen LogP contribution in [0.4, 0.5) is 4.39 Å². The molecule has 86 valence electrons. The molecule has 3 atom stereocenters. The Kier molecular flexibility index (Phi) is 3.50. The zero-order valence-electron chi connectivity index (χ0n) is 9.07. The molecule has 0 radical (unpaired) electrons. The van der Waals surface area contributed by atoms with Crippen molar-refractivity contribution in [1.82, 2.24) is 0 Å². The van der Waals surface area contributed by atoms with E-state index in [4.69, 9.17) is 9.84 Å². The highest BCUT2D eigenvalue weighted by Gasteiger charge is 2.64. The normalized spacial score (nSPS) is 29.5. The largest absolute Gasteiger partial charge is 0.481 e. The third-order valence-electron chi connectivity index (χ3n) is 3.15. The minimum Gasteiger partial charge on any atom is -0.481 e. The lowest BCUT2D eigenvalue weighted by atomic mass is 10.1. The quantitative estimate of drug-likeness (QED) is 0.689. The molecule has 0 aromatic carbocycles. The van der Waals surface area contributed by atoms with E-state index in [-0.39, 0.29) is 24.0 Å². The van der Waals surface area contributed by atoms with Crippen molar-refractivity contribution in [2.24, 2.45) is 17.3 Å². The number of rotatable bonds is 6. The summed E-state index contributed by atoms with van der Waals surface area (Å²) in [4.78, 5) is 10.9. The summed E-state index contributed by atoms with van der Waals surface area (Å²) in [6.07, 6.45) is 1.20. The van der Waals surface area contributed by atoms with Crippen molar-refractivity contribution < 1.29 is 19.0 Å². The highest BCUT2D eigenvalue weighted by molar-refractivity contribution is 5.75. The third-order valence-corrected chi connectivity index (χ3v) is 3.15. The van der Waals surface area contributed by atoms with Crippen LogP contribution in [0.15, 0.2) is 12.7 Å². The van der Waals surface area contributed by atoms with Gasteiger partial charge in [0.05, 0.1) is 18.6 Å². The summed E-state index contributed by atoms with van der Waals surface area (Å²) in [6, 6.07) is 0. The summed E-state index contributed by atoms with van der Waals surface area (Å²) in [5.41, 5.74) is -0.291. The van der Waals surface area contributed by atoms with Crippen molar-refractivity contribution in [3.05, 3.63) is 12.7 Å². The standard InChI is InChI=1S/C11H17FO3/c1-4-7(15-6-5-12)8-9(10(13)14)11(8,2)3/h4,7-9H,1,5-6H2,2-3H3,(H,13,14). The summed E-state index contributed by atoms with van der Waals surface area (Å²) in [7, 11) is 0. The molecule has 0 aromatic rings. The van der Waals surface area contributed by atoms with Gasteiger partial charge < -0.3 is 9.84 Å². The van der Waals surface area contributed by atoms with Gasteiger partial charge in [-0.2, -0.15) is 0 Å². The average Bonchev–Trinajstić information content (AvgIpc) is 2.71. The summed E-state index contributed by atoms with van der Waals surface area (Å²) >= 11 is 0. The van der Waals surface area contributed by atoms with E-state index in [1.54, 1.807) is 6.08 Å². The van der Waals surface area contributed by atoms with Gasteiger partial charge in [-0.3, -0.25) is 4.79 Å². The monoisotopic (exact) mass is 216 g/mol. The van der Waals surface area contributed by atoms with Crippen LogP contribution in [0.1, 0.15) is 13.8 Å². The van der Waals surface area contributed by atoms with Crippen molar-refractivity contribution in [2.75, 3.05) is 13.3 Å². The lowest BCUT2D eigenvalue weighted by Gasteiger charge is -2.13. The molecular weight excluding hydrogens is 199 g/mol. The van der Waals surface area contributed by atoms with Crippen LogP contribution >= 0.6 is 0 Å². The fourth-order valence-corrected chi connectivity index (χ4v) is 2.26. The van der Waals surface area contributed by atoms with Crippen molar-refractivity contribution in [2.45, 2.75) is 20.0 Å². The van der Waals surface area contributed by atoms with E-state index in [9.17, 15) is 9.18 Å². The van der Waals surface area contributed by atoms with Gasteiger partial charge in [-0.1, -0.05) is 19.9 Å². The first-order valence-corrected chi connectivity index (χ1v) is 4.99. The first kappa shape index (κ1) is 12.2. The van der Waals surface area contributed by atoms with E-state index in [0.29, 0.717) is 0 Å². The summed E-state index contributed by atoms with van der Waals surface area (Å²) in [5.74, 6) is -1.33. The summed E-state index contributed by atoms with van der Waals surface area (Å²) in [6.45, 7) is 6.79. The van der Waals surface area contributed by atoms with Gasteiger partial charge in [0.2, 0.25) is 0 Å². The molecule has 0 heterocycles. The maximum absolute atomic E-state index is 11.9. The van der Waals surface area contributed by atoms with Crippen LogP contribution in [0.25, 0.3) is 0 Å². The van der Waals surface area contributed by atoms with Crippen molar-refractivity contribution in [1.29, 1.82) is 0 Å². The highest BCUT2D eigenvalue weighted by Crippen LogP contribution is 2.60. The molecule has 0 aromatic heterocycles. The lowest BCUT2D eigenvalue weighted by Crippen LogP contribution is -2.18. The zero-order chi connectivity index (χ0) is 11.6. The smallest absolute Gasteiger partial charge is 0.307 e. The molecule has 0 saturated heterocycles. The lowest BCUT2D eigenvalue weighted by molar-refractivity contribution is -0.139. The Morgan fingerprint density at radius 1 is 1.73 bits per heavy atom. The Balaban J connectivity index is 2.63. The van der Waals surface area contributed by atoms with Crippen LogP contribution in [0.5, 0.6) is 0 Å². The topological polar surface area (TPSA) is 46.5 Å². The number of carboxylic acids is 1. The molecule has 3 nitrogen and oxygen atoms in total. The molecule has 1 aliphatic rings. The molecule has 4 heteroatoms. The fraction of sp³-hybridized carbons (Fsp3) is 0.727. The second kappa shape index (κ2) is 4.31. The highest BCUT2D eigenvalue weighted by atomic mass is 19.1. The number of aliphatic carboxylic acids is 1. The Labute approximate surface area is 88.9 Å². The number of hydrogen-bond acceptors (Lipinski definition) is 2. The first-order chi connectivity index (χ1) is 6.96. The van der Waals surface area contributed by atoms with Crippen LogP contribution < -0.4 is 0 Å². The maximum atomic E-state index is 11.9. The minimum atomic E-state index is -0.819. The number of alkyl halides is 1. The fourth-order valence-electron chi connectivity index (χ4n) is 2.26. The molecule has 1 N–H and O–H groups in total. The van der Waals surface area contributed by atoms with E-state index >= 15 is 0 Å². The molecule has 0 amide bonds. The van der Waals surface area contributed by atoms with Crippen LogP contribution in [0.2, 0.25) is 0 Å². The summed E-state index contributed by atoms with van der Waals surface area (Å²) in [5, 5.41) is 8.97. The van der Waals surface area contributed by atoms with Gasteiger partial charge >= 0.3 is 5.97 Å². The molecule has 0 bridgehead atoms. The Morgan fingerprint density at radius 2 is 2.33 bits per heavy atom. The first-order valence-electron chi connectivity index (χ1n) is 4.99. The van der Waals surface area contributed by atoms with Crippen LogP contribution in [0.3, 0.4) is 0 Å². The second-order valence-corrected chi connectivity index (χ2v) is 4.42. The van der Waals surface area contributed by atoms with E-state index in [0.717, 1.165) is 0 Å². The minimum absolute atomic E-state index is 0.00436. The van der Waals surface area contributed by atoms with Crippen LogP contribution in [0, 0.1) is 17.3 Å². The Bertz CT molecular complexity index is 263. The van der Waals surface area contributed by atoms with Gasteiger partial charge in [-0.25, -0.2) is 4.39 Å². The molecule has 1 saturated carbocycles. The third kappa shape index (κ3) is 2.20. The van der Waals surface area contributed by atoms with Crippen LogP contribution in [-0.2, 0) is 9.53 Å². The van der Waals surface area contributed by atoms with Gasteiger partial charge in [0.25, 0.3) is 0 Å². The van der Waals surface area contributed by atoms with E-state index in [2.05, 4.69) is 6.58 Å². The molecule has 3 unspecified atom stereocenters. The second-order valence-electron chi connectivity index (χ2n) is 4.42. The zero-order valence-corrected chi connectivity index (χ0v) is 9.07.